The van der Waals surface area contributed by atoms with Crippen LogP contribution < -0.4 is 5.32 Å². The highest BCUT2D eigenvalue weighted by atomic mass is 32.2. The summed E-state index contributed by atoms with van der Waals surface area (Å²) in [6, 6.07) is 9.53. The quantitative estimate of drug-likeness (QED) is 0.781. The minimum atomic E-state index is 0.625. The first-order valence-electron chi connectivity index (χ1n) is 6.04. The van der Waals surface area contributed by atoms with Gasteiger partial charge in [-0.15, -0.1) is 0 Å². The van der Waals surface area contributed by atoms with Crippen molar-refractivity contribution in [1.29, 1.82) is 0 Å². The van der Waals surface area contributed by atoms with Crippen molar-refractivity contribution in [2.24, 2.45) is 0 Å². The van der Waals surface area contributed by atoms with Crippen LogP contribution >= 0.6 is 11.8 Å². The van der Waals surface area contributed by atoms with Gasteiger partial charge in [-0.25, -0.2) is 0 Å². The van der Waals surface area contributed by atoms with Crippen molar-refractivity contribution in [3.8, 4) is 0 Å². The first-order chi connectivity index (χ1) is 7.76. The highest BCUT2D eigenvalue weighted by Gasteiger charge is 2.07. The van der Waals surface area contributed by atoms with E-state index in [1.54, 1.807) is 0 Å². The fraction of sp³-hybridized carbons (Fsp3) is 0.571. The molecule has 0 bridgehead atoms. The SMILES string of the molecule is CCNC(CCSC)Cc1ccc(C)cc1. The van der Waals surface area contributed by atoms with E-state index in [0.29, 0.717) is 6.04 Å². The Kier molecular flexibility index (Phi) is 6.58. The molecule has 1 rings (SSSR count). The van der Waals surface area contributed by atoms with E-state index in [1.807, 2.05) is 11.8 Å². The van der Waals surface area contributed by atoms with E-state index in [0.717, 1.165) is 13.0 Å². The molecule has 0 amide bonds. The molecule has 0 heterocycles. The molecule has 0 saturated carbocycles. The Bertz CT molecular complexity index is 281. The van der Waals surface area contributed by atoms with Crippen LogP contribution in [-0.4, -0.2) is 24.6 Å². The van der Waals surface area contributed by atoms with Gasteiger partial charge < -0.3 is 5.32 Å². The van der Waals surface area contributed by atoms with E-state index < -0.39 is 0 Å². The number of aryl methyl sites for hydroxylation is 1. The highest BCUT2D eigenvalue weighted by molar-refractivity contribution is 7.98. The zero-order valence-corrected chi connectivity index (χ0v) is 11.4. The molecule has 2 heteroatoms. The van der Waals surface area contributed by atoms with Gasteiger partial charge in [0.05, 0.1) is 0 Å². The van der Waals surface area contributed by atoms with Crippen LogP contribution in [0.15, 0.2) is 24.3 Å². The van der Waals surface area contributed by atoms with Gasteiger partial charge in [-0.1, -0.05) is 36.8 Å². The van der Waals surface area contributed by atoms with Gasteiger partial charge in [0.15, 0.2) is 0 Å². The third-order valence-electron chi connectivity index (χ3n) is 2.77. The van der Waals surface area contributed by atoms with Gasteiger partial charge >= 0.3 is 0 Å². The van der Waals surface area contributed by atoms with Gasteiger partial charge in [-0.05, 0) is 43.9 Å². The van der Waals surface area contributed by atoms with Gasteiger partial charge in [-0.2, -0.15) is 11.8 Å². The van der Waals surface area contributed by atoms with E-state index in [4.69, 9.17) is 0 Å². The van der Waals surface area contributed by atoms with Gasteiger partial charge in [0.1, 0.15) is 0 Å². The number of thioether (sulfide) groups is 1. The van der Waals surface area contributed by atoms with E-state index in [1.165, 1.54) is 23.3 Å². The highest BCUT2D eigenvalue weighted by Crippen LogP contribution is 2.10. The Hall–Kier alpha value is -0.470. The molecule has 0 aliphatic rings. The number of hydrogen-bond donors (Lipinski definition) is 1. The lowest BCUT2D eigenvalue weighted by molar-refractivity contribution is 0.513. The van der Waals surface area contributed by atoms with Crippen LogP contribution in [0.5, 0.6) is 0 Å². The second kappa shape index (κ2) is 7.75. The van der Waals surface area contributed by atoms with Crippen molar-refractivity contribution < 1.29 is 0 Å². The van der Waals surface area contributed by atoms with E-state index in [9.17, 15) is 0 Å². The number of hydrogen-bond acceptors (Lipinski definition) is 2. The summed E-state index contributed by atoms with van der Waals surface area (Å²) >= 11 is 1.93. The summed E-state index contributed by atoms with van der Waals surface area (Å²) in [5.41, 5.74) is 2.78. The smallest absolute Gasteiger partial charge is 0.0115 e. The van der Waals surface area contributed by atoms with Crippen LogP contribution in [0.2, 0.25) is 0 Å². The van der Waals surface area contributed by atoms with Gasteiger partial charge in [-0.3, -0.25) is 0 Å². The lowest BCUT2D eigenvalue weighted by atomic mass is 10.0. The van der Waals surface area contributed by atoms with Crippen LogP contribution in [0, 0.1) is 6.92 Å². The van der Waals surface area contributed by atoms with Gasteiger partial charge in [0.25, 0.3) is 0 Å². The van der Waals surface area contributed by atoms with Crippen LogP contribution in [0.25, 0.3) is 0 Å². The molecule has 0 fully saturated rings. The molecule has 1 aromatic rings. The molecular formula is C14H23NS. The maximum Gasteiger partial charge on any atom is 0.0115 e. The molecule has 0 saturated heterocycles. The fourth-order valence-corrected chi connectivity index (χ4v) is 2.35. The normalized spacial score (nSPS) is 12.7. The second-order valence-corrected chi connectivity index (χ2v) is 5.21. The molecular weight excluding hydrogens is 214 g/mol. The maximum absolute atomic E-state index is 3.57. The summed E-state index contributed by atoms with van der Waals surface area (Å²) in [7, 11) is 0. The second-order valence-electron chi connectivity index (χ2n) is 4.23. The Labute approximate surface area is 104 Å². The van der Waals surface area contributed by atoms with Crippen molar-refractivity contribution in [1.82, 2.24) is 5.32 Å². The van der Waals surface area contributed by atoms with Crippen molar-refractivity contribution in [3.63, 3.8) is 0 Å². The predicted molar refractivity (Wildman–Crippen MR) is 75.3 cm³/mol. The molecule has 90 valence electrons. The summed E-state index contributed by atoms with van der Waals surface area (Å²) in [5.74, 6) is 1.24. The van der Waals surface area contributed by atoms with E-state index >= 15 is 0 Å². The number of rotatable bonds is 7. The monoisotopic (exact) mass is 237 g/mol. The lowest BCUT2D eigenvalue weighted by Gasteiger charge is -2.17. The maximum atomic E-state index is 3.57. The average Bonchev–Trinajstić information content (AvgIpc) is 2.29. The molecule has 1 atom stereocenters. The number of nitrogens with one attached hydrogen (secondary N) is 1. The standard InChI is InChI=1S/C14H23NS/c1-4-15-14(9-10-16-3)11-13-7-5-12(2)6-8-13/h5-8,14-15H,4,9-11H2,1-3H3. The zero-order valence-electron chi connectivity index (χ0n) is 10.6. The Morgan fingerprint density at radius 1 is 1.25 bits per heavy atom. The number of benzene rings is 1. The third kappa shape index (κ3) is 5.04. The molecule has 1 aromatic carbocycles. The van der Waals surface area contributed by atoms with Gasteiger partial charge in [0, 0.05) is 6.04 Å². The molecule has 1 N–H and O–H groups in total. The molecule has 1 unspecified atom stereocenters. The largest absolute Gasteiger partial charge is 0.314 e. The minimum absolute atomic E-state index is 0.625. The van der Waals surface area contributed by atoms with E-state index in [2.05, 4.69) is 49.7 Å². The molecule has 0 radical (unpaired) electrons. The molecule has 0 aliphatic heterocycles. The lowest BCUT2D eigenvalue weighted by Crippen LogP contribution is -2.31. The van der Waals surface area contributed by atoms with E-state index in [-0.39, 0.29) is 0 Å². The van der Waals surface area contributed by atoms with Crippen molar-refractivity contribution in [2.75, 3.05) is 18.6 Å². The Balaban J connectivity index is 2.49. The third-order valence-corrected chi connectivity index (χ3v) is 3.41. The van der Waals surface area contributed by atoms with Crippen LogP contribution in [0.4, 0.5) is 0 Å². The predicted octanol–water partition coefficient (Wildman–Crippen LogP) is 3.27. The molecule has 1 nitrogen and oxygen atoms in total. The molecule has 0 aromatic heterocycles. The summed E-state index contributed by atoms with van der Waals surface area (Å²) < 4.78 is 0. The Morgan fingerprint density at radius 3 is 2.50 bits per heavy atom. The van der Waals surface area contributed by atoms with Crippen molar-refractivity contribution in [3.05, 3.63) is 35.4 Å². The van der Waals surface area contributed by atoms with Crippen molar-refractivity contribution >= 4 is 11.8 Å². The minimum Gasteiger partial charge on any atom is -0.314 e. The van der Waals surface area contributed by atoms with Crippen LogP contribution in [0.3, 0.4) is 0 Å². The summed E-state index contributed by atoms with van der Waals surface area (Å²) in [4.78, 5) is 0. The Morgan fingerprint density at radius 2 is 1.94 bits per heavy atom. The molecule has 16 heavy (non-hydrogen) atoms. The first-order valence-corrected chi connectivity index (χ1v) is 7.43. The van der Waals surface area contributed by atoms with Crippen LogP contribution in [-0.2, 0) is 6.42 Å². The van der Waals surface area contributed by atoms with Gasteiger partial charge in [0.2, 0.25) is 0 Å². The summed E-state index contributed by atoms with van der Waals surface area (Å²) in [6.45, 7) is 5.38. The van der Waals surface area contributed by atoms with Crippen LogP contribution in [0.1, 0.15) is 24.5 Å². The molecule has 0 spiro atoms. The fourth-order valence-electron chi connectivity index (χ4n) is 1.83. The number of likely N-dealkylation sites (N-methyl/N-ethyl adjacent to an activating group) is 1. The summed E-state index contributed by atoms with van der Waals surface area (Å²) in [5, 5.41) is 3.57. The molecule has 0 aliphatic carbocycles. The van der Waals surface area contributed by atoms with Crippen molar-refractivity contribution in [2.45, 2.75) is 32.7 Å². The first kappa shape index (κ1) is 13.6. The zero-order chi connectivity index (χ0) is 11.8. The summed E-state index contributed by atoms with van der Waals surface area (Å²) in [6.07, 6.45) is 4.58. The topological polar surface area (TPSA) is 12.0 Å². The average molecular weight is 237 g/mol.